The molecule has 0 amide bonds. The third-order valence-electron chi connectivity index (χ3n) is 0.538. The van der Waals surface area contributed by atoms with E-state index in [9.17, 15) is 0 Å². The van der Waals surface area contributed by atoms with Gasteiger partial charge in [-0.15, -0.1) is 9.24 Å². The maximum absolute atomic E-state index is 4.67. The number of ether oxygens (including phenoxy) is 2. The summed E-state index contributed by atoms with van der Waals surface area (Å²) in [5, 5.41) is 0. The Labute approximate surface area is 45.7 Å². The van der Waals surface area contributed by atoms with Crippen LogP contribution in [0.2, 0.25) is 0 Å². The number of methoxy groups -OCH3 is 2. The molecule has 3 heteroatoms. The number of rotatable bonds is 2. The van der Waals surface area contributed by atoms with Gasteiger partial charge in [0.05, 0.1) is 14.2 Å². The van der Waals surface area contributed by atoms with Crippen molar-refractivity contribution in [1.29, 1.82) is 0 Å². The van der Waals surface area contributed by atoms with Crippen molar-refractivity contribution >= 4 is 9.24 Å². The van der Waals surface area contributed by atoms with E-state index >= 15 is 0 Å². The fourth-order valence-electron chi connectivity index (χ4n) is 0.219. The van der Waals surface area contributed by atoms with Crippen LogP contribution in [0.4, 0.5) is 0 Å². The summed E-state index contributed by atoms with van der Waals surface area (Å²) in [6.45, 7) is 0. The normalized spacial score (nSPS) is 7.29. The van der Waals surface area contributed by atoms with Crippen LogP contribution in [-0.2, 0) is 9.47 Å². The summed E-state index contributed by atoms with van der Waals surface area (Å²) in [4.78, 5) is 0. The molecular weight excluding hydrogens is 111 g/mol. The van der Waals surface area contributed by atoms with E-state index in [0.29, 0.717) is 5.95 Å². The van der Waals surface area contributed by atoms with E-state index in [-0.39, 0.29) is 0 Å². The molecule has 0 aromatic carbocycles. The molecule has 0 aromatic heterocycles. The van der Waals surface area contributed by atoms with Crippen molar-refractivity contribution in [2.45, 2.75) is 0 Å². The molecule has 2 nitrogen and oxygen atoms in total. The molecule has 0 aliphatic heterocycles. The second-order valence-electron chi connectivity index (χ2n) is 0.894. The van der Waals surface area contributed by atoms with Gasteiger partial charge in [-0.05, 0) is 0 Å². The molecule has 0 spiro atoms. The molecule has 0 fully saturated rings. The lowest BCUT2D eigenvalue weighted by Gasteiger charge is -1.99. The SMILES string of the molecule is COC(=CP)OC. The predicted octanol–water partition coefficient (Wildman–Crippen LogP) is 0.953. The lowest BCUT2D eigenvalue weighted by atomic mass is 11.0. The van der Waals surface area contributed by atoms with Gasteiger partial charge < -0.3 is 9.47 Å². The molecule has 42 valence electrons. The summed E-state index contributed by atoms with van der Waals surface area (Å²) in [6, 6.07) is 0. The third kappa shape index (κ3) is 2.46. The first kappa shape index (κ1) is 6.77. The molecule has 0 heterocycles. The Balaban J connectivity index is 3.38. The average Bonchev–Trinajstić information content (AvgIpc) is 1.72. The van der Waals surface area contributed by atoms with Crippen molar-refractivity contribution in [3.05, 3.63) is 11.8 Å². The van der Waals surface area contributed by atoms with Crippen LogP contribution in [0.3, 0.4) is 0 Å². The first-order chi connectivity index (χ1) is 3.35. The van der Waals surface area contributed by atoms with Gasteiger partial charge in [-0.3, -0.25) is 0 Å². The summed E-state index contributed by atoms with van der Waals surface area (Å²) in [5.74, 6) is 2.19. The number of hydrogen-bond acceptors (Lipinski definition) is 2. The van der Waals surface area contributed by atoms with Crippen molar-refractivity contribution in [3.8, 4) is 0 Å². The first-order valence-electron chi connectivity index (χ1n) is 1.85. The molecule has 0 bridgehead atoms. The highest BCUT2D eigenvalue weighted by atomic mass is 31.0. The van der Waals surface area contributed by atoms with Crippen LogP contribution in [0.5, 0.6) is 0 Å². The van der Waals surface area contributed by atoms with Gasteiger partial charge in [0.15, 0.2) is 0 Å². The smallest absolute Gasteiger partial charge is 0.278 e. The molecule has 0 aliphatic carbocycles. The average molecular weight is 120 g/mol. The fourth-order valence-corrected chi connectivity index (χ4v) is 0.492. The molecule has 0 radical (unpaired) electrons. The standard InChI is InChI=1S/C4H9O2P/c1-5-4(3-7)6-2/h3H,7H2,1-2H3. The van der Waals surface area contributed by atoms with Gasteiger partial charge >= 0.3 is 0 Å². The number of hydrogen-bond donors (Lipinski definition) is 0. The monoisotopic (exact) mass is 120 g/mol. The molecular formula is C4H9O2P. The summed E-state index contributed by atoms with van der Waals surface area (Å²) in [7, 11) is 5.48. The zero-order valence-electron chi connectivity index (χ0n) is 4.47. The molecule has 0 saturated heterocycles. The van der Waals surface area contributed by atoms with E-state index in [2.05, 4.69) is 18.7 Å². The van der Waals surface area contributed by atoms with Crippen LogP contribution in [0.15, 0.2) is 11.8 Å². The van der Waals surface area contributed by atoms with Gasteiger partial charge in [0.2, 0.25) is 0 Å². The maximum atomic E-state index is 4.67. The highest BCUT2D eigenvalue weighted by Gasteiger charge is 1.83. The van der Waals surface area contributed by atoms with E-state index < -0.39 is 0 Å². The minimum absolute atomic E-state index is 0.519. The zero-order valence-corrected chi connectivity index (χ0v) is 5.63. The minimum Gasteiger partial charge on any atom is -0.469 e. The Hall–Kier alpha value is -0.230. The Bertz CT molecular complexity index is 64.1. The van der Waals surface area contributed by atoms with Gasteiger partial charge in [-0.1, -0.05) is 0 Å². The van der Waals surface area contributed by atoms with Gasteiger partial charge in [-0.25, -0.2) is 0 Å². The Morgan fingerprint density at radius 2 is 1.86 bits per heavy atom. The van der Waals surface area contributed by atoms with E-state index in [0.717, 1.165) is 0 Å². The lowest BCUT2D eigenvalue weighted by molar-refractivity contribution is 0.0967. The van der Waals surface area contributed by atoms with E-state index in [1.807, 2.05) is 0 Å². The van der Waals surface area contributed by atoms with Crippen LogP contribution >= 0.6 is 9.24 Å². The Kier molecular flexibility index (Phi) is 3.81. The quantitative estimate of drug-likeness (QED) is 0.399. The second kappa shape index (κ2) is 3.94. The van der Waals surface area contributed by atoms with Gasteiger partial charge in [0.1, 0.15) is 0 Å². The largest absolute Gasteiger partial charge is 0.469 e. The second-order valence-corrected chi connectivity index (χ2v) is 1.23. The summed E-state index contributed by atoms with van der Waals surface area (Å²) in [5.41, 5.74) is 0. The zero-order chi connectivity index (χ0) is 5.70. The Morgan fingerprint density at radius 1 is 1.43 bits per heavy atom. The van der Waals surface area contributed by atoms with Gasteiger partial charge in [0.25, 0.3) is 5.95 Å². The van der Waals surface area contributed by atoms with Gasteiger partial charge in [-0.2, -0.15) is 0 Å². The summed E-state index contributed by atoms with van der Waals surface area (Å²) in [6.07, 6.45) is 0. The molecule has 0 saturated carbocycles. The molecule has 1 atom stereocenters. The molecule has 1 unspecified atom stereocenters. The summed E-state index contributed by atoms with van der Waals surface area (Å²) < 4.78 is 9.33. The molecule has 0 rings (SSSR count). The van der Waals surface area contributed by atoms with Crippen LogP contribution in [0.1, 0.15) is 0 Å². The molecule has 0 N–H and O–H groups in total. The van der Waals surface area contributed by atoms with E-state index in [1.165, 1.54) is 0 Å². The molecule has 7 heavy (non-hydrogen) atoms. The topological polar surface area (TPSA) is 18.5 Å². The first-order valence-corrected chi connectivity index (χ1v) is 2.51. The van der Waals surface area contributed by atoms with Crippen molar-refractivity contribution in [1.82, 2.24) is 0 Å². The van der Waals surface area contributed by atoms with Crippen molar-refractivity contribution in [2.75, 3.05) is 14.2 Å². The van der Waals surface area contributed by atoms with Crippen LogP contribution in [0, 0.1) is 0 Å². The van der Waals surface area contributed by atoms with Crippen molar-refractivity contribution in [3.63, 3.8) is 0 Å². The van der Waals surface area contributed by atoms with Crippen molar-refractivity contribution < 1.29 is 9.47 Å². The van der Waals surface area contributed by atoms with E-state index in [4.69, 9.17) is 0 Å². The lowest BCUT2D eigenvalue weighted by Crippen LogP contribution is -1.85. The Morgan fingerprint density at radius 3 is 1.86 bits per heavy atom. The maximum Gasteiger partial charge on any atom is 0.278 e. The predicted molar refractivity (Wildman–Crippen MR) is 31.8 cm³/mol. The van der Waals surface area contributed by atoms with Crippen LogP contribution in [0.25, 0.3) is 0 Å². The third-order valence-corrected chi connectivity index (χ3v) is 0.811. The van der Waals surface area contributed by atoms with Crippen LogP contribution in [-0.4, -0.2) is 14.2 Å². The highest BCUT2D eigenvalue weighted by Crippen LogP contribution is 1.97. The highest BCUT2D eigenvalue weighted by molar-refractivity contribution is 7.20. The van der Waals surface area contributed by atoms with Gasteiger partial charge in [0, 0.05) is 5.82 Å². The molecule has 0 aromatic rings. The van der Waals surface area contributed by atoms with Crippen LogP contribution < -0.4 is 0 Å². The fraction of sp³-hybridized carbons (Fsp3) is 0.500. The minimum atomic E-state index is 0.519. The van der Waals surface area contributed by atoms with Crippen molar-refractivity contribution in [2.24, 2.45) is 0 Å². The molecule has 0 aliphatic rings. The van der Waals surface area contributed by atoms with E-state index in [1.54, 1.807) is 20.0 Å². The summed E-state index contributed by atoms with van der Waals surface area (Å²) >= 11 is 0.